The molecule has 1 aromatic carbocycles. The van der Waals surface area contributed by atoms with E-state index in [4.69, 9.17) is 4.52 Å². The second-order valence-corrected chi connectivity index (χ2v) is 6.47. The first-order valence-corrected chi connectivity index (χ1v) is 8.50. The topological polar surface area (TPSA) is 78.3 Å². The molecule has 0 aliphatic carbocycles. The van der Waals surface area contributed by atoms with Crippen molar-refractivity contribution < 1.29 is 4.52 Å². The van der Waals surface area contributed by atoms with Gasteiger partial charge in [-0.15, -0.1) is 0 Å². The largest absolute Gasteiger partial charge is 0.361 e. The first-order valence-electron chi connectivity index (χ1n) is 8.50. The first-order chi connectivity index (χ1) is 12.1. The Morgan fingerprint density at radius 3 is 2.64 bits per heavy atom. The average Bonchev–Trinajstić information content (AvgIpc) is 2.94. The molecule has 0 saturated carbocycles. The van der Waals surface area contributed by atoms with Crippen LogP contribution in [0.25, 0.3) is 10.9 Å². The number of nitrogens with zero attached hydrogens (tertiary/aromatic N) is 4. The highest BCUT2D eigenvalue weighted by Gasteiger charge is 2.21. The van der Waals surface area contributed by atoms with E-state index in [1.165, 1.54) is 5.56 Å². The standard InChI is InChI=1S/C18H21N5O2/c1-12-15(13(2)25-21-12)11-22-7-9-23(10-8-22)18-19-16-6-4-3-5-14(16)17(24)20-18/h3-6H,7-11H2,1-2H3,(H,19,20,24). The van der Waals surface area contributed by atoms with E-state index in [-0.39, 0.29) is 5.56 Å². The number of hydrogen-bond donors (Lipinski definition) is 1. The molecule has 25 heavy (non-hydrogen) atoms. The van der Waals surface area contributed by atoms with Crippen LogP contribution in [-0.4, -0.2) is 46.2 Å². The number of aryl methyl sites for hydroxylation is 2. The van der Waals surface area contributed by atoms with Crippen LogP contribution in [0.15, 0.2) is 33.6 Å². The van der Waals surface area contributed by atoms with Gasteiger partial charge in [-0.05, 0) is 26.0 Å². The summed E-state index contributed by atoms with van der Waals surface area (Å²) in [7, 11) is 0. The molecule has 7 heteroatoms. The Bertz CT molecular complexity index is 934. The molecule has 0 radical (unpaired) electrons. The number of nitrogens with one attached hydrogen (secondary N) is 1. The highest BCUT2D eigenvalue weighted by atomic mass is 16.5. The molecule has 0 amide bonds. The van der Waals surface area contributed by atoms with Gasteiger partial charge in [-0.3, -0.25) is 14.7 Å². The number of hydrogen-bond acceptors (Lipinski definition) is 6. The van der Waals surface area contributed by atoms with Gasteiger partial charge in [0.05, 0.1) is 16.6 Å². The van der Waals surface area contributed by atoms with Crippen LogP contribution < -0.4 is 10.5 Å². The molecule has 2 aromatic heterocycles. The Morgan fingerprint density at radius 1 is 1.16 bits per heavy atom. The number of H-pyrrole nitrogens is 1. The molecule has 7 nitrogen and oxygen atoms in total. The maximum absolute atomic E-state index is 12.2. The third-order valence-corrected chi connectivity index (χ3v) is 4.84. The summed E-state index contributed by atoms with van der Waals surface area (Å²) in [5.74, 6) is 1.54. The van der Waals surface area contributed by atoms with Crippen molar-refractivity contribution >= 4 is 16.9 Å². The van der Waals surface area contributed by atoms with Gasteiger partial charge in [-0.1, -0.05) is 17.3 Å². The Labute approximate surface area is 145 Å². The molecule has 4 rings (SSSR count). The fraction of sp³-hybridized carbons (Fsp3) is 0.389. The van der Waals surface area contributed by atoms with Gasteiger partial charge in [0.25, 0.3) is 5.56 Å². The SMILES string of the molecule is Cc1noc(C)c1CN1CCN(c2nc3ccccc3c(=O)[nH]2)CC1. The van der Waals surface area contributed by atoms with E-state index in [9.17, 15) is 4.79 Å². The van der Waals surface area contributed by atoms with Crippen LogP contribution in [0.1, 0.15) is 17.0 Å². The number of anilines is 1. The average molecular weight is 339 g/mol. The summed E-state index contributed by atoms with van der Waals surface area (Å²) >= 11 is 0. The summed E-state index contributed by atoms with van der Waals surface area (Å²) in [5.41, 5.74) is 2.78. The number of benzene rings is 1. The second-order valence-electron chi connectivity index (χ2n) is 6.47. The molecular formula is C18H21N5O2. The van der Waals surface area contributed by atoms with E-state index in [1.54, 1.807) is 6.07 Å². The molecule has 130 valence electrons. The number of aromatic nitrogens is 3. The minimum absolute atomic E-state index is 0.0845. The molecule has 1 aliphatic rings. The van der Waals surface area contributed by atoms with E-state index in [0.29, 0.717) is 11.3 Å². The normalized spacial score (nSPS) is 15.8. The van der Waals surface area contributed by atoms with Crippen LogP contribution in [-0.2, 0) is 6.54 Å². The van der Waals surface area contributed by atoms with Crippen molar-refractivity contribution in [2.75, 3.05) is 31.1 Å². The van der Waals surface area contributed by atoms with E-state index >= 15 is 0 Å². The van der Waals surface area contributed by atoms with Gasteiger partial charge in [-0.2, -0.15) is 0 Å². The van der Waals surface area contributed by atoms with E-state index in [0.717, 1.165) is 49.7 Å². The fourth-order valence-corrected chi connectivity index (χ4v) is 3.29. The predicted octanol–water partition coefficient (Wildman–Crippen LogP) is 1.85. The molecule has 3 aromatic rings. The molecule has 0 atom stereocenters. The predicted molar refractivity (Wildman–Crippen MR) is 95.8 cm³/mol. The van der Waals surface area contributed by atoms with Gasteiger partial charge in [0.15, 0.2) is 0 Å². The maximum Gasteiger partial charge on any atom is 0.260 e. The molecule has 0 unspecified atom stereocenters. The second kappa shape index (κ2) is 6.33. The quantitative estimate of drug-likeness (QED) is 0.785. The lowest BCUT2D eigenvalue weighted by Crippen LogP contribution is -2.47. The Morgan fingerprint density at radius 2 is 1.92 bits per heavy atom. The number of fused-ring (bicyclic) bond motifs is 1. The Balaban J connectivity index is 1.48. The molecule has 0 spiro atoms. The zero-order chi connectivity index (χ0) is 17.4. The van der Waals surface area contributed by atoms with Crippen LogP contribution in [0.4, 0.5) is 5.95 Å². The highest BCUT2D eigenvalue weighted by Crippen LogP contribution is 2.18. The lowest BCUT2D eigenvalue weighted by molar-refractivity contribution is 0.247. The summed E-state index contributed by atoms with van der Waals surface area (Å²) in [6.07, 6.45) is 0. The zero-order valence-electron chi connectivity index (χ0n) is 14.5. The summed E-state index contributed by atoms with van der Waals surface area (Å²) in [5, 5.41) is 4.65. The van der Waals surface area contributed by atoms with Crippen LogP contribution in [0.2, 0.25) is 0 Å². The van der Waals surface area contributed by atoms with Gasteiger partial charge >= 0.3 is 0 Å². The number of aromatic amines is 1. The van der Waals surface area contributed by atoms with E-state index < -0.39 is 0 Å². The van der Waals surface area contributed by atoms with Gasteiger partial charge in [0, 0.05) is 38.3 Å². The van der Waals surface area contributed by atoms with Gasteiger partial charge in [-0.25, -0.2) is 4.98 Å². The van der Waals surface area contributed by atoms with E-state index in [2.05, 4.69) is 24.9 Å². The smallest absolute Gasteiger partial charge is 0.260 e. The maximum atomic E-state index is 12.2. The van der Waals surface area contributed by atoms with Crippen LogP contribution >= 0.6 is 0 Å². The lowest BCUT2D eigenvalue weighted by atomic mass is 10.2. The van der Waals surface area contributed by atoms with Crippen molar-refractivity contribution in [3.8, 4) is 0 Å². The van der Waals surface area contributed by atoms with Gasteiger partial charge < -0.3 is 9.42 Å². The minimum atomic E-state index is -0.0845. The van der Waals surface area contributed by atoms with Crippen LogP contribution in [0, 0.1) is 13.8 Å². The molecule has 0 bridgehead atoms. The van der Waals surface area contributed by atoms with Crippen molar-refractivity contribution in [3.05, 3.63) is 51.6 Å². The summed E-state index contributed by atoms with van der Waals surface area (Å²) in [6.45, 7) is 8.23. The molecular weight excluding hydrogens is 318 g/mol. The third kappa shape index (κ3) is 3.02. The number of piperazine rings is 1. The Kier molecular flexibility index (Phi) is 4.01. The highest BCUT2D eigenvalue weighted by molar-refractivity contribution is 5.78. The molecule has 1 aliphatic heterocycles. The van der Waals surface area contributed by atoms with Crippen LogP contribution in [0.3, 0.4) is 0 Å². The molecule has 1 fully saturated rings. The van der Waals surface area contributed by atoms with Gasteiger partial charge in [0.1, 0.15) is 5.76 Å². The molecule has 1 saturated heterocycles. The fourth-order valence-electron chi connectivity index (χ4n) is 3.29. The lowest BCUT2D eigenvalue weighted by Gasteiger charge is -2.34. The summed E-state index contributed by atoms with van der Waals surface area (Å²) < 4.78 is 5.24. The van der Waals surface area contributed by atoms with Crippen molar-refractivity contribution in [2.45, 2.75) is 20.4 Å². The van der Waals surface area contributed by atoms with Crippen molar-refractivity contribution in [2.24, 2.45) is 0 Å². The van der Waals surface area contributed by atoms with Gasteiger partial charge in [0.2, 0.25) is 5.95 Å². The van der Waals surface area contributed by atoms with E-state index in [1.807, 2.05) is 32.0 Å². The molecule has 3 heterocycles. The molecule has 1 N–H and O–H groups in total. The number of rotatable bonds is 3. The minimum Gasteiger partial charge on any atom is -0.361 e. The third-order valence-electron chi connectivity index (χ3n) is 4.84. The van der Waals surface area contributed by atoms with Crippen molar-refractivity contribution in [1.82, 2.24) is 20.0 Å². The zero-order valence-corrected chi connectivity index (χ0v) is 14.5. The van der Waals surface area contributed by atoms with Crippen molar-refractivity contribution in [3.63, 3.8) is 0 Å². The number of para-hydroxylation sites is 1. The van der Waals surface area contributed by atoms with Crippen LogP contribution in [0.5, 0.6) is 0 Å². The Hall–Kier alpha value is -2.67. The summed E-state index contributed by atoms with van der Waals surface area (Å²) in [6, 6.07) is 7.43. The summed E-state index contributed by atoms with van der Waals surface area (Å²) in [4.78, 5) is 24.3. The van der Waals surface area contributed by atoms with Crippen molar-refractivity contribution in [1.29, 1.82) is 0 Å². The first kappa shape index (κ1) is 15.8. The monoisotopic (exact) mass is 339 g/mol.